The number of amides is 1. The van der Waals surface area contributed by atoms with Gasteiger partial charge in [0.15, 0.2) is 6.54 Å². The van der Waals surface area contributed by atoms with Crippen molar-refractivity contribution in [3.63, 3.8) is 0 Å². The second kappa shape index (κ2) is 6.94. The van der Waals surface area contributed by atoms with Crippen molar-refractivity contribution < 1.29 is 9.36 Å². The predicted octanol–water partition coefficient (Wildman–Crippen LogP) is 4.31. The summed E-state index contributed by atoms with van der Waals surface area (Å²) in [6, 6.07) is 17.8. The molecule has 32 heavy (non-hydrogen) atoms. The average Bonchev–Trinajstić information content (AvgIpc) is 3.37. The van der Waals surface area contributed by atoms with Crippen molar-refractivity contribution >= 4 is 50.5 Å². The first-order chi connectivity index (χ1) is 15.7. The highest BCUT2D eigenvalue weighted by Gasteiger charge is 2.47. The molecule has 5 nitrogen and oxygen atoms in total. The van der Waals surface area contributed by atoms with E-state index in [0.29, 0.717) is 0 Å². The Bertz CT molecular complexity index is 1360. The van der Waals surface area contributed by atoms with Gasteiger partial charge in [0, 0.05) is 36.4 Å². The Morgan fingerprint density at radius 2 is 1.94 bits per heavy atom. The lowest BCUT2D eigenvalue weighted by Crippen LogP contribution is -2.61. The normalized spacial score (nSPS) is 23.8. The van der Waals surface area contributed by atoms with E-state index in [-0.39, 0.29) is 18.0 Å². The van der Waals surface area contributed by atoms with Gasteiger partial charge in [-0.15, -0.1) is 0 Å². The topological polar surface area (TPSA) is 39.5 Å². The molecule has 0 saturated carbocycles. The maximum atomic E-state index is 12.2. The maximum Gasteiger partial charge on any atom is 0.267 e. The number of thioether (sulfide) groups is 1. The minimum absolute atomic E-state index is 0.00943. The van der Waals surface area contributed by atoms with Crippen molar-refractivity contribution in [1.82, 2.24) is 10.4 Å². The smallest absolute Gasteiger partial charge is 0.267 e. The van der Waals surface area contributed by atoms with E-state index in [1.165, 1.54) is 42.0 Å². The van der Waals surface area contributed by atoms with Crippen LogP contribution in [0.25, 0.3) is 15.8 Å². The average molecular weight is 460 g/mol. The number of nitrogens with zero attached hydrogens (tertiary/aromatic N) is 3. The second-order valence-electron chi connectivity index (χ2n) is 8.79. The highest BCUT2D eigenvalue weighted by molar-refractivity contribution is 8.03. The van der Waals surface area contributed by atoms with Gasteiger partial charge in [-0.25, -0.2) is 5.01 Å². The molecule has 7 heteroatoms. The third-order valence-electron chi connectivity index (χ3n) is 6.95. The fourth-order valence-corrected chi connectivity index (χ4v) is 8.16. The zero-order valence-corrected chi connectivity index (χ0v) is 19.4. The van der Waals surface area contributed by atoms with Crippen LogP contribution >= 0.6 is 23.1 Å². The van der Waals surface area contributed by atoms with Crippen molar-refractivity contribution in [2.45, 2.75) is 43.3 Å². The largest absolute Gasteiger partial charge is 0.335 e. The van der Waals surface area contributed by atoms with Crippen molar-refractivity contribution in [2.24, 2.45) is 0 Å². The third-order valence-corrected chi connectivity index (χ3v) is 9.38. The van der Waals surface area contributed by atoms with Crippen LogP contribution in [0.1, 0.15) is 24.8 Å². The summed E-state index contributed by atoms with van der Waals surface area (Å²) in [4.78, 5) is 16.0. The maximum absolute atomic E-state index is 12.2. The molecule has 5 heterocycles. The van der Waals surface area contributed by atoms with E-state index in [1.807, 2.05) is 23.1 Å². The van der Waals surface area contributed by atoms with Gasteiger partial charge in [0.05, 0.1) is 28.4 Å². The van der Waals surface area contributed by atoms with E-state index in [9.17, 15) is 4.79 Å². The lowest BCUT2D eigenvalue weighted by atomic mass is 9.86. The van der Waals surface area contributed by atoms with Crippen LogP contribution in [-0.2, 0) is 11.3 Å². The quantitative estimate of drug-likeness (QED) is 0.551. The zero-order valence-electron chi connectivity index (χ0n) is 17.7. The summed E-state index contributed by atoms with van der Waals surface area (Å²) < 4.78 is 3.79. The molecule has 1 amide bonds. The van der Waals surface area contributed by atoms with E-state index < -0.39 is 0 Å². The van der Waals surface area contributed by atoms with Crippen LogP contribution in [0.2, 0.25) is 0 Å². The van der Waals surface area contributed by atoms with Gasteiger partial charge in [0.25, 0.3) is 5.01 Å². The Labute approximate surface area is 195 Å². The van der Waals surface area contributed by atoms with Crippen LogP contribution in [0.4, 0.5) is 5.69 Å². The minimum atomic E-state index is 0.00943. The molecule has 0 fully saturated rings. The molecule has 1 aromatic heterocycles. The fourth-order valence-electron chi connectivity index (χ4n) is 5.66. The molecule has 2 atom stereocenters. The molecule has 1 N–H and O–H groups in total. The van der Waals surface area contributed by atoms with Crippen LogP contribution < -0.4 is 14.9 Å². The van der Waals surface area contributed by atoms with Gasteiger partial charge in [-0.1, -0.05) is 47.4 Å². The Balaban J connectivity index is 1.44. The summed E-state index contributed by atoms with van der Waals surface area (Å²) in [6.07, 6.45) is 4.45. The number of aromatic nitrogens is 1. The van der Waals surface area contributed by atoms with E-state index in [0.717, 1.165) is 25.9 Å². The Morgan fingerprint density at radius 3 is 2.84 bits per heavy atom. The summed E-state index contributed by atoms with van der Waals surface area (Å²) in [7, 11) is 0. The molecule has 0 saturated heterocycles. The number of anilines is 1. The number of hydrogen-bond donors (Lipinski definition) is 1. The van der Waals surface area contributed by atoms with E-state index in [4.69, 9.17) is 0 Å². The van der Waals surface area contributed by atoms with Gasteiger partial charge in [0.1, 0.15) is 4.70 Å². The number of carbonyl (C=O) groups is 1. The number of para-hydroxylation sites is 2. The molecule has 0 radical (unpaired) electrons. The molecule has 0 bridgehead atoms. The molecule has 4 aliphatic heterocycles. The molecule has 160 valence electrons. The Morgan fingerprint density at radius 1 is 1.09 bits per heavy atom. The SMILES string of the molecule is CC(=O)NN1C2CC[n+]3c(sc4ccccc43)C2=CC2=C3Sc4ccccc4N3CCC21. The van der Waals surface area contributed by atoms with E-state index >= 15 is 0 Å². The molecular weight excluding hydrogens is 436 g/mol. The molecule has 4 aliphatic rings. The van der Waals surface area contributed by atoms with Crippen molar-refractivity contribution in [1.29, 1.82) is 0 Å². The summed E-state index contributed by atoms with van der Waals surface area (Å²) in [5.74, 6) is 0.00943. The van der Waals surface area contributed by atoms with Crippen molar-refractivity contribution in [2.75, 3.05) is 11.4 Å². The lowest BCUT2D eigenvalue weighted by molar-refractivity contribution is -0.673. The zero-order chi connectivity index (χ0) is 21.4. The second-order valence-corrected chi connectivity index (χ2v) is 10.9. The molecular formula is C25H23N4OS2+. The highest BCUT2D eigenvalue weighted by Crippen LogP contribution is 2.52. The molecule has 2 aromatic carbocycles. The van der Waals surface area contributed by atoms with Crippen LogP contribution in [0, 0.1) is 0 Å². The number of aryl methyl sites for hydroxylation is 1. The third kappa shape index (κ3) is 2.62. The van der Waals surface area contributed by atoms with Gasteiger partial charge in [0.2, 0.25) is 11.4 Å². The summed E-state index contributed by atoms with van der Waals surface area (Å²) in [6.45, 7) is 3.58. The number of fused-ring (bicyclic) bond motifs is 9. The van der Waals surface area contributed by atoms with Gasteiger partial charge in [-0.05, 0) is 30.7 Å². The number of nitrogens with one attached hydrogen (secondary N) is 1. The summed E-state index contributed by atoms with van der Waals surface area (Å²) >= 11 is 3.74. The first kappa shape index (κ1) is 18.9. The number of hydrazine groups is 1. The van der Waals surface area contributed by atoms with Gasteiger partial charge in [-0.3, -0.25) is 10.2 Å². The number of rotatable bonds is 1. The minimum Gasteiger partial charge on any atom is -0.335 e. The van der Waals surface area contributed by atoms with Gasteiger partial charge in [-0.2, -0.15) is 4.57 Å². The summed E-state index contributed by atoms with van der Waals surface area (Å²) in [5, 5.41) is 4.92. The highest BCUT2D eigenvalue weighted by atomic mass is 32.2. The van der Waals surface area contributed by atoms with Crippen molar-refractivity contribution in [3.8, 4) is 0 Å². The van der Waals surface area contributed by atoms with Gasteiger partial charge >= 0.3 is 0 Å². The predicted molar refractivity (Wildman–Crippen MR) is 129 cm³/mol. The standard InChI is InChI=1S/C25H22N4OS2/c1-15(30)26-29-18-10-12-27-20-6-2-4-8-22(20)31-24(27)16(18)14-17-19(29)11-13-28-21-7-3-5-9-23(21)32-25(17)28/h2-9,14,18-19H,10-13H2,1H3/p+1. The molecule has 0 spiro atoms. The number of carbonyl (C=O) groups excluding carboxylic acids is 1. The molecule has 0 aliphatic carbocycles. The van der Waals surface area contributed by atoms with Gasteiger partial charge < -0.3 is 4.90 Å². The van der Waals surface area contributed by atoms with Crippen LogP contribution in [0.15, 0.2) is 70.1 Å². The first-order valence-corrected chi connectivity index (χ1v) is 12.8. The Kier molecular flexibility index (Phi) is 4.10. The van der Waals surface area contributed by atoms with E-state index in [2.05, 4.69) is 74.5 Å². The first-order valence-electron chi connectivity index (χ1n) is 11.2. The van der Waals surface area contributed by atoms with Crippen LogP contribution in [-0.4, -0.2) is 29.5 Å². The Hall–Kier alpha value is -2.61. The number of hydrogen-bond acceptors (Lipinski definition) is 5. The molecule has 2 unspecified atom stereocenters. The van der Waals surface area contributed by atoms with E-state index in [1.54, 1.807) is 6.92 Å². The van der Waals surface area contributed by atoms with Crippen LogP contribution in [0.3, 0.4) is 0 Å². The number of benzene rings is 2. The molecule has 7 rings (SSSR count). The fraction of sp³-hybridized carbons (Fsp3) is 0.280. The van der Waals surface area contributed by atoms with Crippen LogP contribution in [0.5, 0.6) is 0 Å². The van der Waals surface area contributed by atoms with Crippen molar-refractivity contribution in [3.05, 3.63) is 70.2 Å². The number of thiazole rings is 1. The molecule has 3 aromatic rings. The summed E-state index contributed by atoms with van der Waals surface area (Å²) in [5.41, 5.74) is 8.53. The lowest BCUT2D eigenvalue weighted by Gasteiger charge is -2.46. The monoisotopic (exact) mass is 459 g/mol.